The third-order valence-electron chi connectivity index (χ3n) is 4.71. The number of carbonyl (C=O) groups is 1. The van der Waals surface area contributed by atoms with Gasteiger partial charge in [-0.25, -0.2) is 18.1 Å². The molecule has 0 saturated carbocycles. The van der Waals surface area contributed by atoms with Gasteiger partial charge in [-0.1, -0.05) is 24.3 Å². The number of nitrogens with one attached hydrogen (secondary N) is 2. The number of aryl methyl sites for hydroxylation is 1. The predicted octanol–water partition coefficient (Wildman–Crippen LogP) is 3.48. The minimum atomic E-state index is -3.76. The number of carbonyl (C=O) groups excluding carboxylic acids is 1. The Kier molecular flexibility index (Phi) is 7.84. The normalized spacial score (nSPS) is 11.2. The molecule has 0 aliphatic heterocycles. The number of hydrogen-bond donors (Lipinski definition) is 2. The van der Waals surface area contributed by atoms with E-state index < -0.39 is 10.0 Å². The number of ketones is 1. The molecule has 3 rings (SSSR count). The molecule has 0 aliphatic carbocycles. The van der Waals surface area contributed by atoms with Crippen LogP contribution in [0.3, 0.4) is 0 Å². The molecule has 0 atom stereocenters. The van der Waals surface area contributed by atoms with Crippen LogP contribution in [-0.4, -0.2) is 46.5 Å². The summed E-state index contributed by atoms with van der Waals surface area (Å²) in [5.41, 5.74) is 1.92. The average molecular weight is 476 g/mol. The van der Waals surface area contributed by atoms with Crippen molar-refractivity contribution < 1.29 is 22.7 Å². The molecule has 10 heteroatoms. The monoisotopic (exact) mass is 475 g/mol. The van der Waals surface area contributed by atoms with Crippen LogP contribution in [0.4, 0.5) is 5.13 Å². The Morgan fingerprint density at radius 1 is 1.09 bits per heavy atom. The Morgan fingerprint density at radius 2 is 1.88 bits per heavy atom. The summed E-state index contributed by atoms with van der Waals surface area (Å²) in [6.07, 6.45) is 0.520. The second-order valence-corrected chi connectivity index (χ2v) is 9.47. The minimum Gasteiger partial charge on any atom is -0.497 e. The summed E-state index contributed by atoms with van der Waals surface area (Å²) < 4.78 is 38.1. The van der Waals surface area contributed by atoms with Crippen LogP contribution in [0.25, 0.3) is 0 Å². The summed E-state index contributed by atoms with van der Waals surface area (Å²) in [6, 6.07) is 12.0. The van der Waals surface area contributed by atoms with Crippen molar-refractivity contribution in [3.8, 4) is 11.5 Å². The number of hydrogen-bond acceptors (Lipinski definition) is 8. The van der Waals surface area contributed by atoms with E-state index in [1.807, 2.05) is 25.1 Å². The first-order chi connectivity index (χ1) is 15.4. The molecule has 1 heterocycles. The summed E-state index contributed by atoms with van der Waals surface area (Å²) in [4.78, 5) is 17.0. The Bertz CT molecular complexity index is 1190. The van der Waals surface area contributed by atoms with E-state index in [0.29, 0.717) is 35.1 Å². The lowest BCUT2D eigenvalue weighted by Gasteiger charge is -2.12. The van der Waals surface area contributed by atoms with Crippen molar-refractivity contribution in [2.75, 3.05) is 32.6 Å². The van der Waals surface area contributed by atoms with Crippen molar-refractivity contribution in [1.82, 2.24) is 9.71 Å². The molecule has 0 saturated heterocycles. The highest BCUT2D eigenvalue weighted by Crippen LogP contribution is 2.28. The van der Waals surface area contributed by atoms with Gasteiger partial charge >= 0.3 is 0 Å². The van der Waals surface area contributed by atoms with E-state index in [1.165, 1.54) is 31.6 Å². The van der Waals surface area contributed by atoms with Gasteiger partial charge in [0.2, 0.25) is 15.8 Å². The Balaban J connectivity index is 1.52. The average Bonchev–Trinajstić information content (AvgIpc) is 3.27. The largest absolute Gasteiger partial charge is 0.497 e. The van der Waals surface area contributed by atoms with Gasteiger partial charge in [0.25, 0.3) is 0 Å². The molecule has 3 aromatic rings. The molecule has 0 bridgehead atoms. The number of sulfonamides is 1. The molecule has 1 aromatic heterocycles. The number of anilines is 1. The lowest BCUT2D eigenvalue weighted by Crippen LogP contribution is -2.26. The first-order valence-corrected chi connectivity index (χ1v) is 12.2. The molecule has 0 amide bonds. The fourth-order valence-corrected chi connectivity index (χ4v) is 4.96. The highest BCUT2D eigenvalue weighted by Gasteiger charge is 2.20. The number of rotatable bonds is 11. The molecule has 8 nitrogen and oxygen atoms in total. The molecular weight excluding hydrogens is 450 g/mol. The van der Waals surface area contributed by atoms with Crippen molar-refractivity contribution in [3.05, 3.63) is 64.7 Å². The minimum absolute atomic E-state index is 0.0200. The van der Waals surface area contributed by atoms with E-state index in [9.17, 15) is 13.2 Å². The van der Waals surface area contributed by atoms with Crippen LogP contribution in [0.5, 0.6) is 11.5 Å². The number of benzene rings is 2. The molecule has 0 spiro atoms. The maximum atomic E-state index is 12.6. The van der Waals surface area contributed by atoms with E-state index in [0.717, 1.165) is 5.56 Å². The fraction of sp³-hybridized carbons (Fsp3) is 0.273. The van der Waals surface area contributed by atoms with Gasteiger partial charge in [0.15, 0.2) is 5.13 Å². The molecule has 0 radical (unpaired) electrons. The van der Waals surface area contributed by atoms with Crippen LogP contribution < -0.4 is 19.5 Å². The maximum absolute atomic E-state index is 12.6. The van der Waals surface area contributed by atoms with E-state index >= 15 is 0 Å². The molecule has 32 heavy (non-hydrogen) atoms. The first kappa shape index (κ1) is 23.7. The highest BCUT2D eigenvalue weighted by atomic mass is 32.2. The van der Waals surface area contributed by atoms with Crippen LogP contribution >= 0.6 is 11.3 Å². The van der Waals surface area contributed by atoms with Crippen LogP contribution in [0.15, 0.2) is 52.7 Å². The molecule has 2 N–H and O–H groups in total. The number of methoxy groups -OCH3 is 2. The molecule has 0 unspecified atom stereocenters. The number of ether oxygens (including phenoxy) is 2. The highest BCUT2D eigenvalue weighted by molar-refractivity contribution is 7.89. The van der Waals surface area contributed by atoms with E-state index in [1.54, 1.807) is 23.6 Å². The predicted molar refractivity (Wildman–Crippen MR) is 125 cm³/mol. The van der Waals surface area contributed by atoms with Gasteiger partial charge in [-0.3, -0.25) is 4.79 Å². The Hall–Kier alpha value is -2.95. The summed E-state index contributed by atoms with van der Waals surface area (Å²) in [5, 5.41) is 5.46. The van der Waals surface area contributed by atoms with Crippen molar-refractivity contribution in [2.45, 2.75) is 18.2 Å². The van der Waals surface area contributed by atoms with E-state index in [2.05, 4.69) is 15.0 Å². The van der Waals surface area contributed by atoms with Crippen molar-refractivity contribution in [3.63, 3.8) is 0 Å². The Morgan fingerprint density at radius 3 is 2.59 bits per heavy atom. The maximum Gasteiger partial charge on any atom is 0.244 e. The third kappa shape index (κ3) is 5.64. The third-order valence-corrected chi connectivity index (χ3v) is 6.99. The first-order valence-electron chi connectivity index (χ1n) is 9.87. The van der Waals surface area contributed by atoms with Crippen LogP contribution in [0.2, 0.25) is 0 Å². The Labute approximate surface area is 191 Å². The van der Waals surface area contributed by atoms with Crippen molar-refractivity contribution in [2.24, 2.45) is 0 Å². The van der Waals surface area contributed by atoms with Gasteiger partial charge in [0.05, 0.1) is 14.2 Å². The molecule has 2 aromatic carbocycles. The van der Waals surface area contributed by atoms with Gasteiger partial charge in [0.1, 0.15) is 22.1 Å². The zero-order valence-electron chi connectivity index (χ0n) is 18.0. The van der Waals surface area contributed by atoms with Crippen LogP contribution in [0.1, 0.15) is 28.0 Å². The lowest BCUT2D eigenvalue weighted by molar-refractivity contribution is 0.103. The zero-order valence-corrected chi connectivity index (χ0v) is 19.7. The molecule has 170 valence electrons. The number of thiazole rings is 1. The summed E-state index contributed by atoms with van der Waals surface area (Å²) in [6.45, 7) is 2.60. The standard InChI is InChI=1S/C22H25N3O5S2/c1-15-7-4-5-8-17(15)21(26)18-14-31-22(25-18)23-11-6-12-24-32(27,28)20-13-16(29-2)9-10-19(20)30-3/h4-5,7-10,13-14,24H,6,11-12H2,1-3H3,(H,23,25). The van der Waals surface area contributed by atoms with Gasteiger partial charge in [-0.2, -0.15) is 0 Å². The van der Waals surface area contributed by atoms with E-state index in [4.69, 9.17) is 9.47 Å². The molecular formula is C22H25N3O5S2. The summed E-state index contributed by atoms with van der Waals surface area (Å²) >= 11 is 1.34. The molecule has 0 aliphatic rings. The van der Waals surface area contributed by atoms with Gasteiger partial charge in [-0.15, -0.1) is 11.3 Å². The second-order valence-electron chi connectivity index (χ2n) is 6.88. The second kappa shape index (κ2) is 10.6. The zero-order chi connectivity index (χ0) is 23.1. The fourth-order valence-electron chi connectivity index (χ4n) is 2.99. The summed E-state index contributed by atoms with van der Waals surface area (Å²) in [7, 11) is -0.881. The van der Waals surface area contributed by atoms with Crippen LogP contribution in [0, 0.1) is 6.92 Å². The van der Waals surface area contributed by atoms with Crippen LogP contribution in [-0.2, 0) is 10.0 Å². The lowest BCUT2D eigenvalue weighted by atomic mass is 10.0. The SMILES string of the molecule is COc1ccc(OC)c(S(=O)(=O)NCCCNc2nc(C(=O)c3ccccc3C)cs2)c1. The number of nitrogens with zero attached hydrogens (tertiary/aromatic N) is 1. The van der Waals surface area contributed by atoms with Crippen molar-refractivity contribution in [1.29, 1.82) is 0 Å². The molecule has 0 fully saturated rings. The topological polar surface area (TPSA) is 107 Å². The number of aromatic nitrogens is 1. The quantitative estimate of drug-likeness (QED) is 0.323. The summed E-state index contributed by atoms with van der Waals surface area (Å²) in [5.74, 6) is 0.546. The van der Waals surface area contributed by atoms with Gasteiger partial charge < -0.3 is 14.8 Å². The van der Waals surface area contributed by atoms with Crippen molar-refractivity contribution >= 4 is 32.3 Å². The van der Waals surface area contributed by atoms with Gasteiger partial charge in [-0.05, 0) is 31.0 Å². The van der Waals surface area contributed by atoms with Gasteiger partial charge in [0, 0.05) is 30.1 Å². The smallest absolute Gasteiger partial charge is 0.244 e. The van der Waals surface area contributed by atoms with E-state index in [-0.39, 0.29) is 23.0 Å².